The van der Waals surface area contributed by atoms with E-state index in [2.05, 4.69) is 4.98 Å². The number of benzene rings is 1. The molecule has 0 fully saturated rings. The van der Waals surface area contributed by atoms with Gasteiger partial charge in [0.2, 0.25) is 0 Å². The number of aryl methyl sites for hydroxylation is 1. The fourth-order valence-corrected chi connectivity index (χ4v) is 2.72. The molecule has 2 atom stereocenters. The Kier molecular flexibility index (Phi) is 4.90. The van der Waals surface area contributed by atoms with Crippen molar-refractivity contribution in [1.82, 2.24) is 4.98 Å². The van der Waals surface area contributed by atoms with Crippen molar-refractivity contribution in [3.8, 4) is 0 Å². The predicted octanol–water partition coefficient (Wildman–Crippen LogP) is 4.13. The number of rotatable bonds is 5. The topological polar surface area (TPSA) is 39.2 Å². The Hall–Kier alpha value is -1.68. The van der Waals surface area contributed by atoms with Gasteiger partial charge in [-0.1, -0.05) is 44.2 Å². The lowest BCUT2D eigenvalue weighted by Gasteiger charge is -2.19. The average Bonchev–Trinajstić information content (AvgIpc) is 2.90. The van der Waals surface area contributed by atoms with Gasteiger partial charge in [-0.15, -0.1) is 11.3 Å². The van der Waals surface area contributed by atoms with E-state index in [4.69, 9.17) is 4.74 Å². The minimum Gasteiger partial charge on any atom is -0.451 e. The average molecular weight is 289 g/mol. The molecule has 0 radical (unpaired) electrons. The second kappa shape index (κ2) is 6.66. The molecular formula is C16H19NO2S. The molecule has 0 aliphatic rings. The molecule has 106 valence electrons. The highest BCUT2D eigenvalue weighted by Crippen LogP contribution is 2.32. The van der Waals surface area contributed by atoms with E-state index in [1.807, 2.05) is 51.1 Å². The molecule has 0 spiro atoms. The van der Waals surface area contributed by atoms with Crippen molar-refractivity contribution in [2.45, 2.75) is 33.3 Å². The first-order chi connectivity index (χ1) is 9.63. The Bertz CT molecular complexity index is 565. The van der Waals surface area contributed by atoms with Crippen molar-refractivity contribution in [3.63, 3.8) is 0 Å². The lowest BCUT2D eigenvalue weighted by Crippen LogP contribution is -2.18. The molecule has 3 nitrogen and oxygen atoms in total. The Morgan fingerprint density at radius 3 is 2.60 bits per heavy atom. The van der Waals surface area contributed by atoms with Crippen molar-refractivity contribution in [2.75, 3.05) is 0 Å². The van der Waals surface area contributed by atoms with Crippen molar-refractivity contribution in [3.05, 3.63) is 52.0 Å². The molecule has 2 aromatic rings. The van der Waals surface area contributed by atoms with Gasteiger partial charge < -0.3 is 4.74 Å². The maximum Gasteiger partial charge on any atom is 0.309 e. The molecule has 2 rings (SSSR count). The molecule has 0 aliphatic carbocycles. The summed E-state index contributed by atoms with van der Waals surface area (Å²) in [7, 11) is 0. The largest absolute Gasteiger partial charge is 0.451 e. The van der Waals surface area contributed by atoms with Crippen LogP contribution in [-0.4, -0.2) is 11.0 Å². The minimum absolute atomic E-state index is 0.0885. The van der Waals surface area contributed by atoms with Crippen LogP contribution in [0.1, 0.15) is 42.5 Å². The molecule has 0 unspecified atom stereocenters. The Balaban J connectivity index is 2.31. The van der Waals surface area contributed by atoms with Crippen LogP contribution in [0.3, 0.4) is 0 Å². The summed E-state index contributed by atoms with van der Waals surface area (Å²) in [6.07, 6.45) is 0.423. The fraction of sp³-hybridized carbons (Fsp3) is 0.375. The quantitative estimate of drug-likeness (QED) is 0.777. The van der Waals surface area contributed by atoms with Crippen molar-refractivity contribution >= 4 is 17.3 Å². The minimum atomic E-state index is -0.356. The van der Waals surface area contributed by atoms with Gasteiger partial charge in [0.05, 0.1) is 22.0 Å². The summed E-state index contributed by atoms with van der Waals surface area (Å²) in [5, 5.41) is 0. The number of carbonyl (C=O) groups is 1. The normalized spacial score (nSPS) is 13.8. The van der Waals surface area contributed by atoms with Gasteiger partial charge in [-0.3, -0.25) is 4.79 Å². The number of esters is 1. The number of hydrogen-bond acceptors (Lipinski definition) is 4. The lowest BCUT2D eigenvalue weighted by molar-refractivity contribution is -0.151. The summed E-state index contributed by atoms with van der Waals surface area (Å²) in [6.45, 7) is 5.82. The molecule has 0 saturated heterocycles. The molecule has 0 saturated carbocycles. The van der Waals surface area contributed by atoms with Gasteiger partial charge in [-0.25, -0.2) is 4.98 Å². The first kappa shape index (κ1) is 14.7. The van der Waals surface area contributed by atoms with Crippen LogP contribution in [0.5, 0.6) is 0 Å². The highest BCUT2D eigenvalue weighted by atomic mass is 32.1. The van der Waals surface area contributed by atoms with Crippen LogP contribution in [0, 0.1) is 12.8 Å². The zero-order chi connectivity index (χ0) is 14.5. The van der Waals surface area contributed by atoms with E-state index in [-0.39, 0.29) is 18.0 Å². The van der Waals surface area contributed by atoms with E-state index in [0.717, 1.165) is 22.6 Å². The molecule has 0 bridgehead atoms. The second-order valence-electron chi connectivity index (χ2n) is 4.84. The van der Waals surface area contributed by atoms with E-state index < -0.39 is 0 Å². The van der Waals surface area contributed by atoms with Crippen LogP contribution in [0.15, 0.2) is 35.8 Å². The highest BCUT2D eigenvalue weighted by Gasteiger charge is 2.24. The van der Waals surface area contributed by atoms with Gasteiger partial charge in [-0.2, -0.15) is 0 Å². The standard InChI is InChI=1S/C16H19NO2S/c1-4-11(2)16(18)19-14(13-8-6-5-7-9-13)15-12(3)17-10-20-15/h5-11,14H,4H2,1-3H3/t11-,14+/m0/s1. The van der Waals surface area contributed by atoms with E-state index in [9.17, 15) is 4.79 Å². The van der Waals surface area contributed by atoms with E-state index in [1.54, 1.807) is 5.51 Å². The molecule has 0 amide bonds. The number of hydrogen-bond donors (Lipinski definition) is 0. The van der Waals surface area contributed by atoms with E-state index >= 15 is 0 Å². The van der Waals surface area contributed by atoms with Crippen LogP contribution in [0.2, 0.25) is 0 Å². The van der Waals surface area contributed by atoms with Gasteiger partial charge in [-0.05, 0) is 18.9 Å². The van der Waals surface area contributed by atoms with Gasteiger partial charge >= 0.3 is 5.97 Å². The molecule has 1 heterocycles. The van der Waals surface area contributed by atoms with Crippen LogP contribution in [0.25, 0.3) is 0 Å². The first-order valence-electron chi connectivity index (χ1n) is 6.78. The third-order valence-electron chi connectivity index (χ3n) is 3.37. The summed E-state index contributed by atoms with van der Waals surface area (Å²) in [4.78, 5) is 17.4. The zero-order valence-electron chi connectivity index (χ0n) is 12.0. The molecule has 1 aromatic heterocycles. The van der Waals surface area contributed by atoms with E-state index in [0.29, 0.717) is 0 Å². The van der Waals surface area contributed by atoms with Gasteiger partial charge in [0.25, 0.3) is 0 Å². The Labute approximate surface area is 123 Å². The number of ether oxygens (including phenoxy) is 1. The van der Waals surface area contributed by atoms with Crippen LogP contribution in [-0.2, 0) is 9.53 Å². The van der Waals surface area contributed by atoms with Gasteiger partial charge in [0, 0.05) is 0 Å². The molecule has 20 heavy (non-hydrogen) atoms. The second-order valence-corrected chi connectivity index (χ2v) is 5.73. The molecule has 0 N–H and O–H groups in total. The fourth-order valence-electron chi connectivity index (χ4n) is 1.86. The van der Waals surface area contributed by atoms with Gasteiger partial charge in [0.15, 0.2) is 6.10 Å². The van der Waals surface area contributed by atoms with Gasteiger partial charge in [0.1, 0.15) is 0 Å². The Morgan fingerprint density at radius 1 is 1.35 bits per heavy atom. The van der Waals surface area contributed by atoms with Crippen molar-refractivity contribution in [2.24, 2.45) is 5.92 Å². The number of nitrogens with zero attached hydrogens (tertiary/aromatic N) is 1. The predicted molar refractivity (Wildman–Crippen MR) is 80.7 cm³/mol. The first-order valence-corrected chi connectivity index (χ1v) is 7.66. The lowest BCUT2D eigenvalue weighted by atomic mass is 10.1. The van der Waals surface area contributed by atoms with Crippen molar-refractivity contribution < 1.29 is 9.53 Å². The number of carbonyl (C=O) groups excluding carboxylic acids is 1. The summed E-state index contributed by atoms with van der Waals surface area (Å²) >= 11 is 1.53. The maximum atomic E-state index is 12.1. The maximum absolute atomic E-state index is 12.1. The highest BCUT2D eigenvalue weighted by molar-refractivity contribution is 7.09. The van der Waals surface area contributed by atoms with Crippen LogP contribution in [0.4, 0.5) is 0 Å². The van der Waals surface area contributed by atoms with E-state index in [1.165, 1.54) is 11.3 Å². The Morgan fingerprint density at radius 2 is 2.05 bits per heavy atom. The summed E-state index contributed by atoms with van der Waals surface area (Å²) in [5.41, 5.74) is 3.69. The SMILES string of the molecule is CC[C@H](C)C(=O)O[C@H](c1ccccc1)c1scnc1C. The van der Waals surface area contributed by atoms with Crippen molar-refractivity contribution in [1.29, 1.82) is 0 Å². The molecule has 4 heteroatoms. The monoisotopic (exact) mass is 289 g/mol. The zero-order valence-corrected chi connectivity index (χ0v) is 12.8. The third kappa shape index (κ3) is 3.25. The third-order valence-corrected chi connectivity index (χ3v) is 4.35. The van der Waals surface area contributed by atoms with Crippen LogP contribution >= 0.6 is 11.3 Å². The molecule has 0 aliphatic heterocycles. The molecular weight excluding hydrogens is 270 g/mol. The van der Waals surface area contributed by atoms with Crippen LogP contribution < -0.4 is 0 Å². The summed E-state index contributed by atoms with van der Waals surface area (Å²) < 4.78 is 5.75. The smallest absolute Gasteiger partial charge is 0.309 e. The number of thiazole rings is 1. The number of aromatic nitrogens is 1. The summed E-state index contributed by atoms with van der Waals surface area (Å²) in [6, 6.07) is 9.82. The summed E-state index contributed by atoms with van der Waals surface area (Å²) in [5.74, 6) is -0.247. The molecule has 1 aromatic carbocycles.